The lowest BCUT2D eigenvalue weighted by Gasteiger charge is -2.24. The fraction of sp³-hybridized carbons (Fsp3) is 0.588. The molecule has 4 atom stereocenters. The van der Waals surface area contributed by atoms with Crippen LogP contribution in [0.15, 0.2) is 0 Å². The van der Waals surface area contributed by atoms with Gasteiger partial charge in [0.05, 0.1) is 12.5 Å². The highest BCUT2D eigenvalue weighted by Crippen LogP contribution is 2.03. The van der Waals surface area contributed by atoms with Gasteiger partial charge in [0.2, 0.25) is 35.4 Å². The zero-order valence-corrected chi connectivity index (χ0v) is 18.5. The number of rotatable bonds is 16. The predicted octanol–water partition coefficient (Wildman–Crippen LogP) is -4.81. The van der Waals surface area contributed by atoms with Crippen LogP contribution in [0.1, 0.15) is 32.1 Å². The van der Waals surface area contributed by atoms with E-state index >= 15 is 0 Å². The van der Waals surface area contributed by atoms with Crippen LogP contribution in [0.5, 0.6) is 0 Å². The molecular weight excluding hydrogens is 462 g/mol. The van der Waals surface area contributed by atoms with E-state index in [-0.39, 0.29) is 31.4 Å². The molecule has 0 aromatic heterocycles. The Hall–Kier alpha value is -3.40. The lowest BCUT2D eigenvalue weighted by atomic mass is 10.1. The number of carbonyl (C=O) groups is 7. The Morgan fingerprint density at radius 3 is 1.55 bits per heavy atom. The third-order valence-electron chi connectivity index (χ3n) is 4.18. The molecule has 33 heavy (non-hydrogen) atoms. The smallest absolute Gasteiger partial charge is 0.326 e. The number of hydrogen-bond donors (Lipinski definition) is 9. The van der Waals surface area contributed by atoms with E-state index in [0.29, 0.717) is 0 Å². The molecule has 0 aliphatic carbocycles. The average molecular weight is 492 g/mol. The van der Waals surface area contributed by atoms with Gasteiger partial charge in [0.25, 0.3) is 0 Å². The molecule has 0 fully saturated rings. The Kier molecular flexibility index (Phi) is 13.1. The van der Waals surface area contributed by atoms with E-state index in [1.807, 2.05) is 0 Å². The van der Waals surface area contributed by atoms with Crippen LogP contribution in [-0.4, -0.2) is 76.4 Å². The summed E-state index contributed by atoms with van der Waals surface area (Å²) in [5.41, 5.74) is 20.6. The minimum atomic E-state index is -1.46. The molecule has 6 amide bonds. The van der Waals surface area contributed by atoms with Crippen LogP contribution in [0.25, 0.3) is 0 Å². The van der Waals surface area contributed by atoms with Crippen molar-refractivity contribution < 1.29 is 38.7 Å². The van der Waals surface area contributed by atoms with Crippen LogP contribution in [0.4, 0.5) is 0 Å². The maximum Gasteiger partial charge on any atom is 0.326 e. The minimum absolute atomic E-state index is 0.256. The van der Waals surface area contributed by atoms with Crippen LogP contribution in [-0.2, 0) is 33.6 Å². The first-order valence-electron chi connectivity index (χ1n) is 9.63. The predicted molar refractivity (Wildman–Crippen MR) is 116 cm³/mol. The van der Waals surface area contributed by atoms with E-state index in [4.69, 9.17) is 22.9 Å². The molecule has 16 heteroatoms. The number of aliphatic carboxylic acids is 1. The van der Waals surface area contributed by atoms with Gasteiger partial charge in [-0.05, 0) is 12.8 Å². The third-order valence-corrected chi connectivity index (χ3v) is 4.54. The first-order valence-corrected chi connectivity index (χ1v) is 10.3. The van der Waals surface area contributed by atoms with Crippen molar-refractivity contribution in [3.05, 3.63) is 0 Å². The minimum Gasteiger partial charge on any atom is -0.480 e. The number of nitrogens with one attached hydrogen (secondary N) is 3. The van der Waals surface area contributed by atoms with Crippen LogP contribution in [0, 0.1) is 0 Å². The molecule has 12 N–H and O–H groups in total. The van der Waals surface area contributed by atoms with Gasteiger partial charge in [-0.25, -0.2) is 4.79 Å². The number of carboxylic acid groups (broad SMARTS) is 1. The molecule has 0 aromatic carbocycles. The maximum absolute atomic E-state index is 12.6. The SMILES string of the molecule is NC(=O)CCC(NC(=O)C(CS)NC(=O)C(CCC(N)=O)NC(=O)C(N)CC(N)=O)C(=O)O. The van der Waals surface area contributed by atoms with Gasteiger partial charge in [-0.3, -0.25) is 28.8 Å². The monoisotopic (exact) mass is 491 g/mol. The summed E-state index contributed by atoms with van der Waals surface area (Å²) in [6, 6.07) is -5.54. The molecule has 0 aliphatic rings. The van der Waals surface area contributed by atoms with Crippen molar-refractivity contribution in [2.24, 2.45) is 22.9 Å². The average Bonchev–Trinajstić information content (AvgIpc) is 2.70. The largest absolute Gasteiger partial charge is 0.480 e. The molecule has 0 saturated heterocycles. The Labute approximate surface area is 194 Å². The second-order valence-electron chi connectivity index (χ2n) is 6.99. The van der Waals surface area contributed by atoms with Crippen LogP contribution >= 0.6 is 12.6 Å². The summed E-state index contributed by atoms with van der Waals surface area (Å²) in [6.45, 7) is 0. The standard InChI is InChI=1S/C17H29N7O8S/c18-7(5-13(21)27)14(28)22-8(1-3-11(19)25)15(29)24-10(6-33)16(30)23-9(17(31)32)2-4-12(20)26/h7-10,33H,1-6,18H2,(H2,19,25)(H2,20,26)(H2,21,27)(H,22,28)(H,23,30)(H,24,29)(H,31,32). The van der Waals surface area contributed by atoms with Gasteiger partial charge >= 0.3 is 5.97 Å². The second kappa shape index (κ2) is 14.6. The number of thiol groups is 1. The summed E-state index contributed by atoms with van der Waals surface area (Å²) in [5.74, 6) is -6.85. The molecule has 186 valence electrons. The summed E-state index contributed by atoms with van der Waals surface area (Å²) in [6.07, 6.45) is -1.65. The van der Waals surface area contributed by atoms with Gasteiger partial charge in [0.1, 0.15) is 18.1 Å². The normalized spacial score (nSPS) is 14.1. The first kappa shape index (κ1) is 29.6. The fourth-order valence-electron chi connectivity index (χ4n) is 2.43. The Morgan fingerprint density at radius 1 is 0.697 bits per heavy atom. The van der Waals surface area contributed by atoms with Crippen molar-refractivity contribution in [2.45, 2.75) is 56.3 Å². The van der Waals surface area contributed by atoms with Crippen molar-refractivity contribution in [1.29, 1.82) is 0 Å². The summed E-state index contributed by atoms with van der Waals surface area (Å²) in [5, 5.41) is 15.9. The van der Waals surface area contributed by atoms with E-state index < -0.39 is 72.0 Å². The lowest BCUT2D eigenvalue weighted by molar-refractivity contribution is -0.142. The van der Waals surface area contributed by atoms with Crippen LogP contribution < -0.4 is 38.9 Å². The number of primary amides is 3. The van der Waals surface area contributed by atoms with Gasteiger partial charge in [0, 0.05) is 18.6 Å². The van der Waals surface area contributed by atoms with Gasteiger partial charge in [-0.1, -0.05) is 0 Å². The summed E-state index contributed by atoms with van der Waals surface area (Å²) < 4.78 is 0. The topological polar surface area (TPSA) is 280 Å². The number of carboxylic acids is 1. The fourth-order valence-corrected chi connectivity index (χ4v) is 2.68. The summed E-state index contributed by atoms with van der Waals surface area (Å²) in [7, 11) is 0. The maximum atomic E-state index is 12.6. The van der Waals surface area contributed by atoms with Crippen molar-refractivity contribution in [1.82, 2.24) is 16.0 Å². The number of amides is 6. The van der Waals surface area contributed by atoms with E-state index in [0.717, 1.165) is 0 Å². The van der Waals surface area contributed by atoms with Crippen molar-refractivity contribution in [2.75, 3.05) is 5.75 Å². The zero-order chi connectivity index (χ0) is 25.7. The Bertz CT molecular complexity index is 778. The highest BCUT2D eigenvalue weighted by atomic mass is 32.1. The number of carbonyl (C=O) groups excluding carboxylic acids is 6. The molecule has 0 aliphatic heterocycles. The number of nitrogens with two attached hydrogens (primary N) is 4. The summed E-state index contributed by atoms with van der Waals surface area (Å²) in [4.78, 5) is 81.4. The zero-order valence-electron chi connectivity index (χ0n) is 17.6. The van der Waals surface area contributed by atoms with Gasteiger partial charge in [-0.15, -0.1) is 0 Å². The second-order valence-corrected chi connectivity index (χ2v) is 7.36. The molecule has 0 spiro atoms. The highest BCUT2D eigenvalue weighted by molar-refractivity contribution is 7.80. The highest BCUT2D eigenvalue weighted by Gasteiger charge is 2.30. The first-order chi connectivity index (χ1) is 15.3. The Morgan fingerprint density at radius 2 is 1.12 bits per heavy atom. The third kappa shape index (κ3) is 12.3. The molecule has 0 heterocycles. The van der Waals surface area contributed by atoms with Crippen LogP contribution in [0.2, 0.25) is 0 Å². The molecule has 0 radical (unpaired) electrons. The molecule has 0 saturated carbocycles. The molecule has 15 nitrogen and oxygen atoms in total. The van der Waals surface area contributed by atoms with Crippen molar-refractivity contribution >= 4 is 54.0 Å². The van der Waals surface area contributed by atoms with Crippen molar-refractivity contribution in [3.63, 3.8) is 0 Å². The van der Waals surface area contributed by atoms with E-state index in [1.54, 1.807) is 0 Å². The molecule has 0 bridgehead atoms. The summed E-state index contributed by atoms with van der Waals surface area (Å²) >= 11 is 3.95. The molecule has 4 unspecified atom stereocenters. The molecule has 0 rings (SSSR count). The van der Waals surface area contributed by atoms with E-state index in [9.17, 15) is 38.7 Å². The number of hydrogen-bond acceptors (Lipinski definition) is 9. The van der Waals surface area contributed by atoms with E-state index in [2.05, 4.69) is 28.6 Å². The quantitative estimate of drug-likeness (QED) is 0.0935. The lowest BCUT2D eigenvalue weighted by Crippen LogP contribution is -2.58. The molecule has 0 aromatic rings. The van der Waals surface area contributed by atoms with Crippen molar-refractivity contribution in [3.8, 4) is 0 Å². The van der Waals surface area contributed by atoms with Gasteiger partial charge < -0.3 is 44.0 Å². The molecular formula is C17H29N7O8S. The van der Waals surface area contributed by atoms with E-state index in [1.165, 1.54) is 0 Å². The van der Waals surface area contributed by atoms with Gasteiger partial charge in [0.15, 0.2) is 0 Å². The Balaban J connectivity index is 5.31. The van der Waals surface area contributed by atoms with Crippen LogP contribution in [0.3, 0.4) is 0 Å². The van der Waals surface area contributed by atoms with Gasteiger partial charge in [-0.2, -0.15) is 12.6 Å².